The Morgan fingerprint density at radius 3 is 2.50 bits per heavy atom. The largest absolute Gasteiger partial charge is 0.419 e. The van der Waals surface area contributed by atoms with Gasteiger partial charge < -0.3 is 5.32 Å². The second kappa shape index (κ2) is 5.13. The van der Waals surface area contributed by atoms with Crippen molar-refractivity contribution in [3.63, 3.8) is 0 Å². The fourth-order valence-corrected chi connectivity index (χ4v) is 1.47. The first-order chi connectivity index (χ1) is 9.41. The molecule has 0 aliphatic rings. The molecule has 0 saturated heterocycles. The van der Waals surface area contributed by atoms with Gasteiger partial charge in [0.05, 0.1) is 5.56 Å². The van der Waals surface area contributed by atoms with Crippen LogP contribution in [0, 0.1) is 17.1 Å². The van der Waals surface area contributed by atoms with Crippen LogP contribution in [-0.2, 0) is 6.18 Å². The molecule has 0 radical (unpaired) electrons. The predicted molar refractivity (Wildman–Crippen MR) is 61.4 cm³/mol. The van der Waals surface area contributed by atoms with E-state index in [1.165, 1.54) is 12.4 Å². The van der Waals surface area contributed by atoms with Crippen molar-refractivity contribution in [2.45, 2.75) is 6.18 Å². The predicted octanol–water partition coefficient (Wildman–Crippen LogP) is 3.25. The van der Waals surface area contributed by atoms with Crippen LogP contribution in [0.25, 0.3) is 0 Å². The van der Waals surface area contributed by atoms with E-state index in [4.69, 9.17) is 5.26 Å². The Hall–Kier alpha value is -2.69. The quantitative estimate of drug-likeness (QED) is 0.859. The summed E-state index contributed by atoms with van der Waals surface area (Å²) >= 11 is 0. The molecule has 2 aromatic rings. The summed E-state index contributed by atoms with van der Waals surface area (Å²) in [4.78, 5) is 7.49. The number of anilines is 2. The third-order valence-electron chi connectivity index (χ3n) is 2.34. The molecule has 4 nitrogen and oxygen atoms in total. The summed E-state index contributed by atoms with van der Waals surface area (Å²) in [7, 11) is 0. The summed E-state index contributed by atoms with van der Waals surface area (Å²) in [5.74, 6) is -1.38. The van der Waals surface area contributed by atoms with E-state index in [-0.39, 0.29) is 17.2 Å². The molecule has 0 atom stereocenters. The van der Waals surface area contributed by atoms with Crippen LogP contribution in [0.15, 0.2) is 30.6 Å². The molecule has 0 unspecified atom stereocenters. The highest BCUT2D eigenvalue weighted by Crippen LogP contribution is 2.33. The lowest BCUT2D eigenvalue weighted by molar-refractivity contribution is -0.139. The molecule has 0 amide bonds. The zero-order valence-electron chi connectivity index (χ0n) is 9.74. The van der Waals surface area contributed by atoms with Crippen LogP contribution >= 0.6 is 0 Å². The van der Waals surface area contributed by atoms with Crippen molar-refractivity contribution in [2.24, 2.45) is 0 Å². The summed E-state index contributed by atoms with van der Waals surface area (Å²) in [6.45, 7) is 0. The van der Waals surface area contributed by atoms with Gasteiger partial charge in [0.1, 0.15) is 11.9 Å². The molecular weight excluding hydrogens is 276 g/mol. The Labute approximate surface area is 110 Å². The highest BCUT2D eigenvalue weighted by atomic mass is 19.4. The maximum absolute atomic E-state index is 13.1. The molecule has 102 valence electrons. The van der Waals surface area contributed by atoms with Gasteiger partial charge in [0.15, 0.2) is 11.5 Å². The monoisotopic (exact) mass is 282 g/mol. The molecule has 0 bridgehead atoms. The van der Waals surface area contributed by atoms with Gasteiger partial charge in [0.2, 0.25) is 0 Å². The second-order valence-electron chi connectivity index (χ2n) is 3.68. The number of nitrogens with one attached hydrogen (secondary N) is 1. The Balaban J connectivity index is 2.38. The third kappa shape index (κ3) is 2.83. The van der Waals surface area contributed by atoms with Crippen LogP contribution in [0.3, 0.4) is 0 Å². The van der Waals surface area contributed by atoms with Gasteiger partial charge in [-0.15, -0.1) is 0 Å². The molecule has 1 N–H and O–H groups in total. The molecule has 0 aliphatic heterocycles. The Bertz CT molecular complexity index is 676. The van der Waals surface area contributed by atoms with Crippen LogP contribution in [-0.4, -0.2) is 9.97 Å². The number of rotatable bonds is 2. The van der Waals surface area contributed by atoms with Crippen molar-refractivity contribution in [1.82, 2.24) is 9.97 Å². The first-order valence-corrected chi connectivity index (χ1v) is 5.26. The zero-order chi connectivity index (χ0) is 14.8. The number of alkyl halides is 3. The van der Waals surface area contributed by atoms with E-state index in [2.05, 4.69) is 15.3 Å². The number of benzene rings is 1. The van der Waals surface area contributed by atoms with Crippen molar-refractivity contribution in [2.75, 3.05) is 5.32 Å². The molecule has 0 fully saturated rings. The molecule has 0 spiro atoms. The van der Waals surface area contributed by atoms with E-state index < -0.39 is 17.6 Å². The second-order valence-corrected chi connectivity index (χ2v) is 3.68. The standard InChI is InChI=1S/C12H6F4N4/c13-9-2-1-7(5-8(9)12(14,15)16)20-11-10(6-17)18-3-4-19-11/h1-5H,(H,19,20). The van der Waals surface area contributed by atoms with Crippen molar-refractivity contribution in [3.05, 3.63) is 47.7 Å². The molecule has 1 aromatic carbocycles. The minimum Gasteiger partial charge on any atom is -0.338 e. The number of nitrogens with zero attached hydrogens (tertiary/aromatic N) is 3. The Morgan fingerprint density at radius 2 is 1.85 bits per heavy atom. The van der Waals surface area contributed by atoms with Crippen LogP contribution in [0.2, 0.25) is 0 Å². The molecule has 0 aliphatic carbocycles. The SMILES string of the molecule is N#Cc1nccnc1Nc1ccc(F)c(C(F)(F)F)c1. The number of hydrogen-bond donors (Lipinski definition) is 1. The Kier molecular flexibility index (Phi) is 3.52. The van der Waals surface area contributed by atoms with Crippen molar-refractivity contribution in [3.8, 4) is 6.07 Å². The Morgan fingerprint density at radius 1 is 1.15 bits per heavy atom. The first-order valence-electron chi connectivity index (χ1n) is 5.26. The minimum atomic E-state index is -4.80. The van der Waals surface area contributed by atoms with Crippen molar-refractivity contribution < 1.29 is 17.6 Å². The van der Waals surface area contributed by atoms with Gasteiger partial charge in [-0.25, -0.2) is 14.4 Å². The number of nitriles is 1. The van der Waals surface area contributed by atoms with Crippen LogP contribution in [0.4, 0.5) is 29.1 Å². The third-order valence-corrected chi connectivity index (χ3v) is 2.34. The summed E-state index contributed by atoms with van der Waals surface area (Å²) in [6, 6.07) is 4.14. The van der Waals surface area contributed by atoms with E-state index in [0.29, 0.717) is 12.1 Å². The smallest absolute Gasteiger partial charge is 0.338 e. The fraction of sp³-hybridized carbons (Fsp3) is 0.0833. The van der Waals surface area contributed by atoms with Gasteiger partial charge in [-0.05, 0) is 18.2 Å². The highest BCUT2D eigenvalue weighted by Gasteiger charge is 2.34. The first kappa shape index (κ1) is 13.7. The van der Waals surface area contributed by atoms with E-state index >= 15 is 0 Å². The lowest BCUT2D eigenvalue weighted by Crippen LogP contribution is -2.09. The van der Waals surface area contributed by atoms with Gasteiger partial charge in [-0.3, -0.25) is 0 Å². The number of halogens is 4. The van der Waals surface area contributed by atoms with E-state index in [1.54, 1.807) is 6.07 Å². The number of aromatic nitrogens is 2. The molecule has 0 saturated carbocycles. The summed E-state index contributed by atoms with van der Waals surface area (Å²) in [5, 5.41) is 11.3. The maximum Gasteiger partial charge on any atom is 0.419 e. The summed E-state index contributed by atoms with van der Waals surface area (Å²) in [6.07, 6.45) is -2.25. The van der Waals surface area contributed by atoms with Crippen LogP contribution in [0.1, 0.15) is 11.3 Å². The van der Waals surface area contributed by atoms with Crippen molar-refractivity contribution >= 4 is 11.5 Å². The van der Waals surface area contributed by atoms with E-state index in [0.717, 1.165) is 6.07 Å². The van der Waals surface area contributed by atoms with Crippen LogP contribution < -0.4 is 5.32 Å². The molecule has 8 heteroatoms. The van der Waals surface area contributed by atoms with Gasteiger partial charge >= 0.3 is 6.18 Å². The average molecular weight is 282 g/mol. The average Bonchev–Trinajstić information content (AvgIpc) is 2.40. The van der Waals surface area contributed by atoms with Gasteiger partial charge in [-0.1, -0.05) is 0 Å². The molecule has 1 aromatic heterocycles. The zero-order valence-corrected chi connectivity index (χ0v) is 9.74. The molecule has 1 heterocycles. The molecule has 20 heavy (non-hydrogen) atoms. The van der Waals surface area contributed by atoms with E-state index in [9.17, 15) is 17.6 Å². The van der Waals surface area contributed by atoms with Gasteiger partial charge in [0, 0.05) is 18.1 Å². The molecule has 2 rings (SSSR count). The van der Waals surface area contributed by atoms with E-state index in [1.807, 2.05) is 0 Å². The topological polar surface area (TPSA) is 61.6 Å². The van der Waals surface area contributed by atoms with Gasteiger partial charge in [0.25, 0.3) is 0 Å². The minimum absolute atomic E-state index is 0.00488. The summed E-state index contributed by atoms with van der Waals surface area (Å²) < 4.78 is 50.8. The van der Waals surface area contributed by atoms with Gasteiger partial charge in [-0.2, -0.15) is 18.4 Å². The molecular formula is C12H6F4N4. The normalized spacial score (nSPS) is 10.9. The number of hydrogen-bond acceptors (Lipinski definition) is 4. The fourth-order valence-electron chi connectivity index (χ4n) is 1.47. The lowest BCUT2D eigenvalue weighted by Gasteiger charge is -2.11. The van der Waals surface area contributed by atoms with Crippen LogP contribution in [0.5, 0.6) is 0 Å². The maximum atomic E-state index is 13.1. The van der Waals surface area contributed by atoms with Crippen molar-refractivity contribution in [1.29, 1.82) is 5.26 Å². The lowest BCUT2D eigenvalue weighted by atomic mass is 10.2. The highest BCUT2D eigenvalue weighted by molar-refractivity contribution is 5.61. The summed E-state index contributed by atoms with van der Waals surface area (Å²) in [5.41, 5.74) is -1.52.